The summed E-state index contributed by atoms with van der Waals surface area (Å²) in [5, 5.41) is 3.41. The van der Waals surface area contributed by atoms with Crippen LogP contribution in [0.15, 0.2) is 83.8 Å². The van der Waals surface area contributed by atoms with Crippen LogP contribution in [0, 0.1) is 0 Å². The lowest BCUT2D eigenvalue weighted by Gasteiger charge is -2.34. The van der Waals surface area contributed by atoms with Gasteiger partial charge in [-0.3, -0.25) is 13.9 Å². The van der Waals surface area contributed by atoms with Gasteiger partial charge in [0.15, 0.2) is 0 Å². The van der Waals surface area contributed by atoms with Gasteiger partial charge < -0.3 is 15.0 Å². The Bertz CT molecular complexity index is 1380. The zero-order chi connectivity index (χ0) is 29.3. The molecule has 8 nitrogen and oxygen atoms in total. The fourth-order valence-corrected chi connectivity index (χ4v) is 5.78. The molecule has 0 saturated carbocycles. The summed E-state index contributed by atoms with van der Waals surface area (Å²) >= 11 is 6.43. The number of benzene rings is 3. The number of rotatable bonds is 13. The smallest absolute Gasteiger partial charge is 0.264 e. The highest BCUT2D eigenvalue weighted by Gasteiger charge is 2.34. The summed E-state index contributed by atoms with van der Waals surface area (Å²) in [4.78, 5) is 28.8. The first-order valence-electron chi connectivity index (χ1n) is 13.2. The molecule has 0 saturated heterocycles. The average molecular weight is 586 g/mol. The molecule has 3 aromatic carbocycles. The lowest BCUT2D eigenvalue weighted by atomic mass is 10.1. The third kappa shape index (κ3) is 7.55. The molecule has 0 spiro atoms. The maximum Gasteiger partial charge on any atom is 0.264 e. The van der Waals surface area contributed by atoms with Crippen LogP contribution in [-0.2, 0) is 26.2 Å². The van der Waals surface area contributed by atoms with Gasteiger partial charge in [0.1, 0.15) is 18.3 Å². The van der Waals surface area contributed by atoms with E-state index in [-0.39, 0.29) is 23.4 Å². The van der Waals surface area contributed by atoms with E-state index in [1.165, 1.54) is 24.1 Å². The number of anilines is 1. The molecule has 1 N–H and O–H groups in total. The Morgan fingerprint density at radius 2 is 1.55 bits per heavy atom. The minimum atomic E-state index is -4.16. The second kappa shape index (κ2) is 14.2. The van der Waals surface area contributed by atoms with Gasteiger partial charge in [-0.1, -0.05) is 61.8 Å². The Balaban J connectivity index is 2.04. The number of ether oxygens (including phenoxy) is 1. The van der Waals surface area contributed by atoms with Crippen LogP contribution in [0.4, 0.5) is 5.69 Å². The molecule has 0 radical (unpaired) electrons. The van der Waals surface area contributed by atoms with Crippen LogP contribution in [0.3, 0.4) is 0 Å². The molecule has 0 aromatic heterocycles. The van der Waals surface area contributed by atoms with E-state index in [9.17, 15) is 18.0 Å². The highest BCUT2D eigenvalue weighted by molar-refractivity contribution is 7.92. The monoisotopic (exact) mass is 585 g/mol. The van der Waals surface area contributed by atoms with Crippen molar-refractivity contribution >= 4 is 39.1 Å². The molecule has 0 heterocycles. The average Bonchev–Trinajstić information content (AvgIpc) is 2.96. The van der Waals surface area contributed by atoms with Crippen molar-refractivity contribution in [1.82, 2.24) is 10.2 Å². The SMILES string of the molecule is CC[C@@H](C)NC(=O)[C@H](CC)N(Cc1ccccc1Cl)C(=O)CN(c1ccccc1)S(=O)(=O)c1ccc(OC)cc1. The zero-order valence-electron chi connectivity index (χ0n) is 23.2. The molecule has 0 unspecified atom stereocenters. The maximum atomic E-state index is 14.1. The standard InChI is InChI=1S/C30H36ClN3O5S/c1-5-22(3)32-30(36)28(6-2)33(20-23-12-10-11-15-27(23)31)29(35)21-34(24-13-8-7-9-14-24)40(37,38)26-18-16-25(39-4)17-19-26/h7-19,22,28H,5-6,20-21H2,1-4H3,(H,32,36)/t22-,28+/m1/s1. The number of amides is 2. The van der Waals surface area contributed by atoms with Gasteiger partial charge in [-0.2, -0.15) is 0 Å². The van der Waals surface area contributed by atoms with Crippen molar-refractivity contribution in [3.8, 4) is 5.75 Å². The summed E-state index contributed by atoms with van der Waals surface area (Å²) in [6, 6.07) is 20.5. The van der Waals surface area contributed by atoms with E-state index in [1.54, 1.807) is 66.7 Å². The minimum Gasteiger partial charge on any atom is -0.497 e. The van der Waals surface area contributed by atoms with Crippen LogP contribution in [-0.4, -0.2) is 50.9 Å². The molecule has 214 valence electrons. The van der Waals surface area contributed by atoms with Gasteiger partial charge in [0.2, 0.25) is 11.8 Å². The van der Waals surface area contributed by atoms with E-state index in [1.807, 2.05) is 20.8 Å². The van der Waals surface area contributed by atoms with Crippen LogP contribution in [0.1, 0.15) is 39.2 Å². The second-order valence-electron chi connectivity index (χ2n) is 9.38. The fraction of sp³-hybridized carbons (Fsp3) is 0.333. The fourth-order valence-electron chi connectivity index (χ4n) is 4.17. The summed E-state index contributed by atoms with van der Waals surface area (Å²) in [6.45, 7) is 5.19. The van der Waals surface area contributed by atoms with Crippen molar-refractivity contribution in [3.05, 3.63) is 89.4 Å². The van der Waals surface area contributed by atoms with E-state index in [0.717, 1.165) is 10.7 Å². The van der Waals surface area contributed by atoms with Crippen LogP contribution >= 0.6 is 11.6 Å². The number of methoxy groups -OCH3 is 1. The Morgan fingerprint density at radius 1 is 0.925 bits per heavy atom. The number of carbonyl (C=O) groups excluding carboxylic acids is 2. The van der Waals surface area contributed by atoms with Gasteiger partial charge >= 0.3 is 0 Å². The van der Waals surface area contributed by atoms with Crippen LogP contribution in [0.25, 0.3) is 0 Å². The first kappa shape index (κ1) is 31.0. The van der Waals surface area contributed by atoms with E-state index in [4.69, 9.17) is 16.3 Å². The van der Waals surface area contributed by atoms with Crippen molar-refractivity contribution < 1.29 is 22.7 Å². The summed E-state index contributed by atoms with van der Waals surface area (Å²) in [5.41, 5.74) is 0.970. The number of nitrogens with zero attached hydrogens (tertiary/aromatic N) is 2. The van der Waals surface area contributed by atoms with Gasteiger partial charge in [-0.15, -0.1) is 0 Å². The molecule has 0 aliphatic rings. The molecular formula is C30H36ClN3O5S. The summed E-state index contributed by atoms with van der Waals surface area (Å²) in [5.74, 6) is -0.334. The van der Waals surface area contributed by atoms with E-state index in [0.29, 0.717) is 28.4 Å². The predicted octanol–water partition coefficient (Wildman–Crippen LogP) is 5.27. The molecule has 0 aliphatic heterocycles. The molecule has 3 aromatic rings. The molecular weight excluding hydrogens is 550 g/mol. The molecule has 2 atom stereocenters. The van der Waals surface area contributed by atoms with Gasteiger partial charge in [-0.05, 0) is 67.8 Å². The Kier molecular flexibility index (Phi) is 11.0. The molecule has 10 heteroatoms. The number of para-hydroxylation sites is 1. The van der Waals surface area contributed by atoms with Gasteiger partial charge in [0.05, 0.1) is 17.7 Å². The van der Waals surface area contributed by atoms with Crippen LogP contribution in [0.5, 0.6) is 5.75 Å². The number of nitrogens with one attached hydrogen (secondary N) is 1. The molecule has 0 fully saturated rings. The Morgan fingerprint density at radius 3 is 2.12 bits per heavy atom. The lowest BCUT2D eigenvalue weighted by molar-refractivity contribution is -0.140. The van der Waals surface area contributed by atoms with Crippen molar-refractivity contribution in [2.45, 2.75) is 57.1 Å². The Labute approximate surface area is 241 Å². The number of hydrogen-bond acceptors (Lipinski definition) is 5. The molecule has 3 rings (SSSR count). The third-order valence-electron chi connectivity index (χ3n) is 6.66. The summed E-state index contributed by atoms with van der Waals surface area (Å²) in [7, 11) is -2.67. The van der Waals surface area contributed by atoms with E-state index < -0.39 is 28.5 Å². The quantitative estimate of drug-likeness (QED) is 0.295. The van der Waals surface area contributed by atoms with Crippen molar-refractivity contribution in [2.24, 2.45) is 0 Å². The largest absolute Gasteiger partial charge is 0.497 e. The van der Waals surface area contributed by atoms with E-state index >= 15 is 0 Å². The van der Waals surface area contributed by atoms with Crippen LogP contribution < -0.4 is 14.4 Å². The number of carbonyl (C=O) groups is 2. The lowest BCUT2D eigenvalue weighted by Crippen LogP contribution is -2.53. The maximum absolute atomic E-state index is 14.1. The zero-order valence-corrected chi connectivity index (χ0v) is 24.8. The third-order valence-corrected chi connectivity index (χ3v) is 8.81. The minimum absolute atomic E-state index is 0.00385. The van der Waals surface area contributed by atoms with Gasteiger partial charge in [0, 0.05) is 17.6 Å². The first-order valence-corrected chi connectivity index (χ1v) is 15.0. The van der Waals surface area contributed by atoms with Crippen molar-refractivity contribution in [2.75, 3.05) is 18.0 Å². The highest BCUT2D eigenvalue weighted by Crippen LogP contribution is 2.26. The first-order chi connectivity index (χ1) is 19.1. The normalized spacial score (nSPS) is 12.7. The summed E-state index contributed by atoms with van der Waals surface area (Å²) in [6.07, 6.45) is 1.05. The molecule has 40 heavy (non-hydrogen) atoms. The van der Waals surface area contributed by atoms with Gasteiger partial charge in [-0.25, -0.2) is 8.42 Å². The van der Waals surface area contributed by atoms with Gasteiger partial charge in [0.25, 0.3) is 10.0 Å². The van der Waals surface area contributed by atoms with Crippen molar-refractivity contribution in [1.29, 1.82) is 0 Å². The Hall–Kier alpha value is -3.56. The topological polar surface area (TPSA) is 96.0 Å². The van der Waals surface area contributed by atoms with Crippen molar-refractivity contribution in [3.63, 3.8) is 0 Å². The predicted molar refractivity (Wildman–Crippen MR) is 158 cm³/mol. The van der Waals surface area contributed by atoms with Crippen LogP contribution in [0.2, 0.25) is 5.02 Å². The molecule has 0 aliphatic carbocycles. The molecule has 2 amide bonds. The summed E-state index contributed by atoms with van der Waals surface area (Å²) < 4.78 is 34.0. The number of halogens is 1. The number of hydrogen-bond donors (Lipinski definition) is 1. The molecule has 0 bridgehead atoms. The van der Waals surface area contributed by atoms with E-state index in [2.05, 4.69) is 5.32 Å². The second-order valence-corrected chi connectivity index (χ2v) is 11.6. The number of sulfonamides is 1. The highest BCUT2D eigenvalue weighted by atomic mass is 35.5.